The molecule has 1 aliphatic heterocycles. The van der Waals surface area contributed by atoms with Crippen molar-refractivity contribution in [2.24, 2.45) is 4.99 Å². The van der Waals surface area contributed by atoms with Crippen LogP contribution >= 0.6 is 11.3 Å². The average Bonchev–Trinajstić information content (AvgIpc) is 2.94. The van der Waals surface area contributed by atoms with Crippen molar-refractivity contribution in [3.63, 3.8) is 0 Å². The molecule has 2 heterocycles. The fourth-order valence-electron chi connectivity index (χ4n) is 1.97. The lowest BCUT2D eigenvalue weighted by Gasteiger charge is -2.01. The third kappa shape index (κ3) is 1.91. The lowest BCUT2D eigenvalue weighted by atomic mass is 10.0. The molecule has 0 aliphatic carbocycles. The molecule has 0 amide bonds. The molecule has 0 spiro atoms. The number of allylic oxidation sites excluding steroid dienone is 1. The highest BCUT2D eigenvalue weighted by atomic mass is 32.1. The predicted molar refractivity (Wildman–Crippen MR) is 75.7 cm³/mol. The molecule has 1 aliphatic rings. The van der Waals surface area contributed by atoms with Crippen molar-refractivity contribution in [3.8, 4) is 5.88 Å². The van der Waals surface area contributed by atoms with Crippen molar-refractivity contribution in [2.45, 2.75) is 0 Å². The fraction of sp³-hybridized carbons (Fsp3) is 0. The van der Waals surface area contributed by atoms with Gasteiger partial charge < -0.3 is 5.11 Å². The Morgan fingerprint density at radius 1 is 1.45 bits per heavy atom. The second-order valence-electron chi connectivity index (χ2n) is 4.01. The zero-order valence-corrected chi connectivity index (χ0v) is 10.7. The Morgan fingerprint density at radius 3 is 2.90 bits per heavy atom. The molecule has 8 heteroatoms. The Morgan fingerprint density at radius 2 is 2.25 bits per heavy atom. The number of hydrogen-bond acceptors (Lipinski definition) is 6. The quantitative estimate of drug-likeness (QED) is 0.653. The topological polar surface area (TPSA) is 109 Å². The van der Waals surface area contributed by atoms with Gasteiger partial charge >= 0.3 is 4.87 Å². The zero-order valence-electron chi connectivity index (χ0n) is 9.86. The molecule has 2 aromatic rings. The first-order valence-electron chi connectivity index (χ1n) is 5.52. The third-order valence-corrected chi connectivity index (χ3v) is 3.61. The molecule has 0 radical (unpaired) electrons. The van der Waals surface area contributed by atoms with E-state index in [1.807, 2.05) is 0 Å². The molecule has 0 unspecified atom stereocenters. The van der Waals surface area contributed by atoms with E-state index in [0.29, 0.717) is 21.7 Å². The number of nitro groups is 1. The van der Waals surface area contributed by atoms with Gasteiger partial charge in [-0.05, 0) is 12.1 Å². The monoisotopic (exact) mass is 289 g/mol. The summed E-state index contributed by atoms with van der Waals surface area (Å²) in [6.07, 6.45) is 2.97. The third-order valence-electron chi connectivity index (χ3n) is 2.79. The molecule has 1 aromatic heterocycles. The van der Waals surface area contributed by atoms with Gasteiger partial charge in [0, 0.05) is 17.9 Å². The van der Waals surface area contributed by atoms with Gasteiger partial charge in [0.1, 0.15) is 0 Å². The molecule has 0 bridgehead atoms. The van der Waals surface area contributed by atoms with Crippen LogP contribution in [-0.4, -0.2) is 21.2 Å². The largest absolute Gasteiger partial charge is 0.493 e. The molecule has 0 saturated carbocycles. The minimum atomic E-state index is -0.485. The standard InChI is InChI=1S/C12H7N3O4S/c16-11-9(20-12(17)14-11)4-6-5-13-7-2-1-3-8(10(6)7)15(18)19/h1-5,16H,(H,14,17). The second kappa shape index (κ2) is 4.42. The van der Waals surface area contributed by atoms with Crippen molar-refractivity contribution in [3.05, 3.63) is 48.4 Å². The van der Waals surface area contributed by atoms with Crippen LogP contribution in [0.5, 0.6) is 5.88 Å². The van der Waals surface area contributed by atoms with Crippen molar-refractivity contribution in [2.75, 3.05) is 0 Å². The lowest BCUT2D eigenvalue weighted by Crippen LogP contribution is -1.93. The number of rotatable bonds is 2. The van der Waals surface area contributed by atoms with Crippen LogP contribution in [0.2, 0.25) is 0 Å². The van der Waals surface area contributed by atoms with Gasteiger partial charge in [0.25, 0.3) is 5.69 Å². The lowest BCUT2D eigenvalue weighted by molar-refractivity contribution is -0.385. The highest BCUT2D eigenvalue weighted by Gasteiger charge is 2.24. The number of aromatic hydroxyl groups is 1. The molecule has 0 fully saturated rings. The molecule has 0 saturated heterocycles. The average molecular weight is 289 g/mol. The number of hydrogen-bond donors (Lipinski definition) is 2. The fourth-order valence-corrected chi connectivity index (χ4v) is 2.65. The Kier molecular flexibility index (Phi) is 2.72. The summed E-state index contributed by atoms with van der Waals surface area (Å²) in [5.41, 5.74) is 1.30. The summed E-state index contributed by atoms with van der Waals surface area (Å²) in [6.45, 7) is 0. The number of benzene rings is 1. The van der Waals surface area contributed by atoms with Gasteiger partial charge in [-0.2, -0.15) is 0 Å². The first kappa shape index (κ1) is 12.3. The van der Waals surface area contributed by atoms with Gasteiger partial charge in [-0.15, -0.1) is 0 Å². The number of nitro benzene ring substituents is 1. The minimum Gasteiger partial charge on any atom is -0.493 e. The van der Waals surface area contributed by atoms with Crippen molar-refractivity contribution in [1.82, 2.24) is 4.98 Å². The first-order chi connectivity index (χ1) is 9.56. The van der Waals surface area contributed by atoms with E-state index in [0.717, 1.165) is 11.3 Å². The van der Waals surface area contributed by atoms with E-state index in [-0.39, 0.29) is 11.6 Å². The van der Waals surface area contributed by atoms with Crippen LogP contribution < -0.4 is 4.87 Å². The van der Waals surface area contributed by atoms with Crippen LogP contribution in [0.3, 0.4) is 0 Å². The summed E-state index contributed by atoms with van der Waals surface area (Å²) in [7, 11) is 0. The molecule has 2 N–H and O–H groups in total. The normalized spacial score (nSPS) is 14.7. The number of aromatic nitrogens is 1. The van der Waals surface area contributed by atoms with E-state index in [1.54, 1.807) is 12.1 Å². The summed E-state index contributed by atoms with van der Waals surface area (Å²) in [5, 5.41) is 20.6. The summed E-state index contributed by atoms with van der Waals surface area (Å²) < 4.78 is 0. The van der Waals surface area contributed by atoms with Gasteiger partial charge in [-0.25, -0.2) is 0 Å². The SMILES string of the molecule is O=c1[nH]c(O)c(C=C2C=Nc3cccc([N+](=O)[O-])c32)s1. The van der Waals surface area contributed by atoms with Crippen LogP contribution in [0.15, 0.2) is 28.0 Å². The van der Waals surface area contributed by atoms with Gasteiger partial charge in [0.05, 0.1) is 21.1 Å². The van der Waals surface area contributed by atoms with Crippen LogP contribution in [0.4, 0.5) is 11.4 Å². The number of fused-ring (bicyclic) bond motifs is 1. The zero-order chi connectivity index (χ0) is 14.3. The van der Waals surface area contributed by atoms with Crippen LogP contribution in [-0.2, 0) is 0 Å². The number of H-pyrrole nitrogens is 1. The summed E-state index contributed by atoms with van der Waals surface area (Å²) in [6, 6.07) is 4.61. The maximum Gasteiger partial charge on any atom is 0.307 e. The molecular formula is C12H7N3O4S. The minimum absolute atomic E-state index is 0.0615. The number of thiazole rings is 1. The Bertz CT molecular complexity index is 831. The van der Waals surface area contributed by atoms with E-state index in [1.165, 1.54) is 18.4 Å². The number of nitrogens with one attached hydrogen (secondary N) is 1. The highest BCUT2D eigenvalue weighted by Crippen LogP contribution is 2.39. The molecule has 20 heavy (non-hydrogen) atoms. The molecule has 7 nitrogen and oxygen atoms in total. The number of aromatic amines is 1. The summed E-state index contributed by atoms with van der Waals surface area (Å²) in [4.78, 5) is 27.9. The van der Waals surface area contributed by atoms with Crippen molar-refractivity contribution in [1.29, 1.82) is 0 Å². The van der Waals surface area contributed by atoms with E-state index in [9.17, 15) is 20.0 Å². The smallest absolute Gasteiger partial charge is 0.307 e. The Balaban J connectivity index is 2.18. The molecule has 0 atom stereocenters. The van der Waals surface area contributed by atoms with E-state index < -0.39 is 9.80 Å². The van der Waals surface area contributed by atoms with E-state index in [4.69, 9.17) is 0 Å². The molecule has 1 aromatic carbocycles. The Hall–Kier alpha value is -2.74. The second-order valence-corrected chi connectivity index (χ2v) is 5.03. The van der Waals surface area contributed by atoms with Gasteiger partial charge in [0.2, 0.25) is 5.88 Å². The predicted octanol–water partition coefficient (Wildman–Crippen LogP) is 2.31. The first-order valence-corrected chi connectivity index (χ1v) is 6.33. The summed E-state index contributed by atoms with van der Waals surface area (Å²) >= 11 is 0.821. The summed E-state index contributed by atoms with van der Waals surface area (Å²) in [5.74, 6) is -0.257. The number of nitrogens with zero attached hydrogens (tertiary/aromatic N) is 2. The van der Waals surface area contributed by atoms with Crippen LogP contribution in [0, 0.1) is 10.1 Å². The Labute approximate surface area is 115 Å². The molecule has 3 rings (SSSR count). The number of aliphatic imine (C=N–C) groups is 1. The van der Waals surface area contributed by atoms with Gasteiger partial charge in [0.15, 0.2) is 0 Å². The van der Waals surface area contributed by atoms with E-state index >= 15 is 0 Å². The molecule has 100 valence electrons. The van der Waals surface area contributed by atoms with Crippen molar-refractivity contribution < 1.29 is 10.0 Å². The van der Waals surface area contributed by atoms with Gasteiger partial charge in [-0.1, -0.05) is 17.4 Å². The highest BCUT2D eigenvalue weighted by molar-refractivity contribution is 7.10. The van der Waals surface area contributed by atoms with Crippen LogP contribution in [0.25, 0.3) is 11.6 Å². The van der Waals surface area contributed by atoms with Crippen molar-refractivity contribution >= 4 is 40.6 Å². The molecular weight excluding hydrogens is 282 g/mol. The maximum atomic E-state index is 11.1. The van der Waals surface area contributed by atoms with E-state index in [2.05, 4.69) is 9.98 Å². The maximum absolute atomic E-state index is 11.1. The van der Waals surface area contributed by atoms with Crippen LogP contribution in [0.1, 0.15) is 10.4 Å². The van der Waals surface area contributed by atoms with Gasteiger partial charge in [-0.3, -0.25) is 24.9 Å².